The van der Waals surface area contributed by atoms with E-state index in [1.54, 1.807) is 48.8 Å². The van der Waals surface area contributed by atoms with Gasteiger partial charge >= 0.3 is 12.2 Å². The normalized spacial score (nSPS) is 18.0. The molecule has 1 aromatic rings. The van der Waals surface area contributed by atoms with Gasteiger partial charge in [-0.3, -0.25) is 4.90 Å². The second-order valence-electron chi connectivity index (χ2n) is 8.82. The van der Waals surface area contributed by atoms with Gasteiger partial charge in [-0.2, -0.15) is 0 Å². The maximum Gasteiger partial charge on any atom is 0.410 e. The minimum atomic E-state index is -0.639. The van der Waals surface area contributed by atoms with Crippen molar-refractivity contribution in [3.05, 3.63) is 28.2 Å². The van der Waals surface area contributed by atoms with Gasteiger partial charge in [-0.05, 0) is 65.3 Å². The van der Waals surface area contributed by atoms with Crippen molar-refractivity contribution in [3.63, 3.8) is 0 Å². The minimum Gasteiger partial charge on any atom is -0.508 e. The molecule has 1 aromatic carbocycles. The zero-order valence-corrected chi connectivity index (χ0v) is 18.9. The van der Waals surface area contributed by atoms with Gasteiger partial charge in [-0.25, -0.2) is 9.59 Å². The van der Waals surface area contributed by atoms with Gasteiger partial charge in [-0.1, -0.05) is 15.9 Å². The van der Waals surface area contributed by atoms with E-state index in [0.29, 0.717) is 18.7 Å². The van der Waals surface area contributed by atoms with Crippen LogP contribution in [0.3, 0.4) is 0 Å². The van der Waals surface area contributed by atoms with Crippen LogP contribution < -0.4 is 0 Å². The van der Waals surface area contributed by atoms with Crippen molar-refractivity contribution < 1.29 is 24.2 Å². The lowest BCUT2D eigenvalue weighted by molar-refractivity contribution is -0.0153. The van der Waals surface area contributed by atoms with Crippen molar-refractivity contribution in [1.82, 2.24) is 9.80 Å². The first-order valence-electron chi connectivity index (χ1n) is 9.23. The number of halogens is 1. The second kappa shape index (κ2) is 8.19. The molecule has 0 spiro atoms. The molecule has 8 heteroatoms. The van der Waals surface area contributed by atoms with Crippen LogP contribution in [0.2, 0.25) is 0 Å². The summed E-state index contributed by atoms with van der Waals surface area (Å²) in [7, 11) is 0. The Morgan fingerprint density at radius 2 is 1.61 bits per heavy atom. The largest absolute Gasteiger partial charge is 0.508 e. The third kappa shape index (κ3) is 6.02. The lowest BCUT2D eigenvalue weighted by atomic mass is 10.0. The van der Waals surface area contributed by atoms with Crippen molar-refractivity contribution in [2.45, 2.75) is 58.8 Å². The van der Waals surface area contributed by atoms with Crippen LogP contribution in [0.4, 0.5) is 9.59 Å². The number of piperazine rings is 1. The van der Waals surface area contributed by atoms with Crippen molar-refractivity contribution in [1.29, 1.82) is 0 Å². The molecule has 1 saturated heterocycles. The highest BCUT2D eigenvalue weighted by Crippen LogP contribution is 2.34. The van der Waals surface area contributed by atoms with Crippen molar-refractivity contribution in [3.8, 4) is 5.75 Å². The predicted octanol–water partition coefficient (Wildman–Crippen LogP) is 4.68. The predicted molar refractivity (Wildman–Crippen MR) is 109 cm³/mol. The van der Waals surface area contributed by atoms with Crippen molar-refractivity contribution >= 4 is 28.1 Å². The molecule has 1 heterocycles. The lowest BCUT2D eigenvalue weighted by Crippen LogP contribution is -2.54. The third-order valence-corrected chi connectivity index (χ3v) is 4.72. The topological polar surface area (TPSA) is 79.3 Å². The Labute approximate surface area is 174 Å². The Morgan fingerprint density at radius 3 is 2.18 bits per heavy atom. The van der Waals surface area contributed by atoms with Crippen LogP contribution in [-0.2, 0) is 9.47 Å². The molecule has 1 unspecified atom stereocenters. The average molecular weight is 457 g/mol. The second-order valence-corrected chi connectivity index (χ2v) is 9.68. The van der Waals surface area contributed by atoms with Gasteiger partial charge in [0.05, 0.1) is 6.04 Å². The molecule has 0 saturated carbocycles. The smallest absolute Gasteiger partial charge is 0.410 e. The number of carbonyl (C=O) groups excluding carboxylic acids is 2. The Kier molecular flexibility index (Phi) is 6.53. The summed E-state index contributed by atoms with van der Waals surface area (Å²) in [6, 6.07) is 4.37. The number of ether oxygens (including phenoxy) is 2. The fourth-order valence-electron chi connectivity index (χ4n) is 2.87. The molecule has 1 fully saturated rings. The molecule has 156 valence electrons. The molecule has 0 bridgehead atoms. The average Bonchev–Trinajstić information content (AvgIpc) is 2.53. The standard InChI is InChI=1S/C20H29BrN2O5/c1-19(2,3)27-17(25)22-9-10-23(18(26)28-20(4,5)6)16(12-22)14-11-13(24)7-8-15(14)21/h7-8,11,16,24H,9-10,12H2,1-6H3. The van der Waals surface area contributed by atoms with Crippen molar-refractivity contribution in [2.24, 2.45) is 0 Å². The van der Waals surface area contributed by atoms with Gasteiger partial charge in [0.2, 0.25) is 0 Å². The molecule has 28 heavy (non-hydrogen) atoms. The van der Waals surface area contributed by atoms with Crippen LogP contribution in [0.5, 0.6) is 5.75 Å². The lowest BCUT2D eigenvalue weighted by Gasteiger charge is -2.42. The zero-order chi connectivity index (χ0) is 21.3. The van der Waals surface area contributed by atoms with E-state index in [1.807, 2.05) is 20.8 Å². The first-order chi connectivity index (χ1) is 12.8. The monoisotopic (exact) mass is 456 g/mol. The number of rotatable bonds is 1. The number of aromatic hydroxyl groups is 1. The van der Waals surface area contributed by atoms with E-state index in [9.17, 15) is 14.7 Å². The number of phenolic OH excluding ortho intramolecular Hbond substituents is 1. The summed E-state index contributed by atoms with van der Waals surface area (Å²) in [6.45, 7) is 11.7. The summed E-state index contributed by atoms with van der Waals surface area (Å²) < 4.78 is 11.8. The summed E-state index contributed by atoms with van der Waals surface area (Å²) in [5, 5.41) is 9.95. The van der Waals surface area contributed by atoms with E-state index < -0.39 is 29.4 Å². The number of phenols is 1. The molecule has 0 aliphatic carbocycles. The van der Waals surface area contributed by atoms with E-state index in [2.05, 4.69) is 15.9 Å². The van der Waals surface area contributed by atoms with E-state index in [0.717, 1.165) is 4.47 Å². The van der Waals surface area contributed by atoms with Crippen molar-refractivity contribution in [2.75, 3.05) is 19.6 Å². The van der Waals surface area contributed by atoms with Crippen LogP contribution in [0.25, 0.3) is 0 Å². The Bertz CT molecular complexity index is 739. The maximum absolute atomic E-state index is 12.8. The van der Waals surface area contributed by atoms with Crippen LogP contribution >= 0.6 is 15.9 Å². The Hall–Kier alpha value is -1.96. The molecule has 1 aliphatic heterocycles. The highest BCUT2D eigenvalue weighted by molar-refractivity contribution is 9.10. The number of hydrogen-bond donors (Lipinski definition) is 1. The van der Waals surface area contributed by atoms with Crippen LogP contribution in [-0.4, -0.2) is 57.9 Å². The van der Waals surface area contributed by atoms with Crippen LogP contribution in [0.15, 0.2) is 22.7 Å². The molecule has 2 amide bonds. The Balaban J connectivity index is 2.33. The molecule has 1 N–H and O–H groups in total. The van der Waals surface area contributed by atoms with Gasteiger partial charge in [0.25, 0.3) is 0 Å². The summed E-state index contributed by atoms with van der Waals surface area (Å²) in [5.41, 5.74) is -0.556. The highest BCUT2D eigenvalue weighted by Gasteiger charge is 2.38. The van der Waals surface area contributed by atoms with Gasteiger partial charge in [-0.15, -0.1) is 0 Å². The van der Waals surface area contributed by atoms with E-state index in [4.69, 9.17) is 9.47 Å². The number of carbonyl (C=O) groups is 2. The first-order valence-corrected chi connectivity index (χ1v) is 10.0. The third-order valence-electron chi connectivity index (χ3n) is 4.00. The number of amides is 2. The van der Waals surface area contributed by atoms with Crippen LogP contribution in [0.1, 0.15) is 53.1 Å². The highest BCUT2D eigenvalue weighted by atomic mass is 79.9. The van der Waals surface area contributed by atoms with Gasteiger partial charge < -0.3 is 19.5 Å². The Morgan fingerprint density at radius 1 is 1.04 bits per heavy atom. The maximum atomic E-state index is 12.8. The summed E-state index contributed by atoms with van der Waals surface area (Å²) >= 11 is 3.49. The summed E-state index contributed by atoms with van der Waals surface area (Å²) in [6.07, 6.45) is -0.894. The molecule has 0 aromatic heterocycles. The molecule has 0 radical (unpaired) electrons. The fourth-order valence-corrected chi connectivity index (χ4v) is 3.38. The minimum absolute atomic E-state index is 0.0803. The fraction of sp³-hybridized carbons (Fsp3) is 0.600. The van der Waals surface area contributed by atoms with E-state index >= 15 is 0 Å². The molecule has 7 nitrogen and oxygen atoms in total. The molecular weight excluding hydrogens is 428 g/mol. The molecule has 1 aliphatic rings. The zero-order valence-electron chi connectivity index (χ0n) is 17.3. The SMILES string of the molecule is CC(C)(C)OC(=O)N1CCN(C(=O)OC(C)(C)C)C(c2cc(O)ccc2Br)C1. The van der Waals surface area contributed by atoms with Gasteiger partial charge in [0, 0.05) is 24.1 Å². The number of hydrogen-bond acceptors (Lipinski definition) is 5. The van der Waals surface area contributed by atoms with Gasteiger partial charge in [0.1, 0.15) is 17.0 Å². The van der Waals surface area contributed by atoms with E-state index in [1.165, 1.54) is 0 Å². The van der Waals surface area contributed by atoms with E-state index in [-0.39, 0.29) is 12.3 Å². The quantitative estimate of drug-likeness (QED) is 0.663. The number of nitrogens with zero attached hydrogens (tertiary/aromatic N) is 2. The number of benzene rings is 1. The molecular formula is C20H29BrN2O5. The summed E-state index contributed by atoms with van der Waals surface area (Å²) in [5.74, 6) is 0.0803. The summed E-state index contributed by atoms with van der Waals surface area (Å²) in [4.78, 5) is 28.5. The molecule has 2 rings (SSSR count). The first kappa shape index (κ1) is 22.3. The van der Waals surface area contributed by atoms with Gasteiger partial charge in [0.15, 0.2) is 0 Å². The van der Waals surface area contributed by atoms with Crippen LogP contribution in [0, 0.1) is 0 Å². The molecule has 1 atom stereocenters.